The molecule has 2 rings (SSSR count). The summed E-state index contributed by atoms with van der Waals surface area (Å²) in [4.78, 5) is 0. The average Bonchev–Trinajstić information content (AvgIpc) is 2.55. The van der Waals surface area contributed by atoms with Crippen molar-refractivity contribution in [1.29, 1.82) is 0 Å². The van der Waals surface area contributed by atoms with E-state index in [2.05, 4.69) is 12.2 Å². The maximum absolute atomic E-state index is 6.05. The highest BCUT2D eigenvalue weighted by molar-refractivity contribution is 6.30. The first-order valence-electron chi connectivity index (χ1n) is 6.79. The predicted octanol–water partition coefficient (Wildman–Crippen LogP) is 4.73. The lowest BCUT2D eigenvalue weighted by Crippen LogP contribution is -2.18. The second-order valence-corrected chi connectivity index (χ2v) is 5.74. The van der Waals surface area contributed by atoms with Crippen molar-refractivity contribution in [2.75, 3.05) is 12.4 Å². The second kappa shape index (κ2) is 6.33. The molecule has 1 aliphatic carbocycles. The summed E-state index contributed by atoms with van der Waals surface area (Å²) in [6, 6.07) is 6.28. The van der Waals surface area contributed by atoms with E-state index in [1.54, 1.807) is 7.11 Å². The third-order valence-corrected chi connectivity index (χ3v) is 4.01. The maximum Gasteiger partial charge on any atom is 0.142 e. The zero-order valence-corrected chi connectivity index (χ0v) is 12.0. The molecule has 0 heterocycles. The molecule has 1 aromatic rings. The highest BCUT2D eigenvalue weighted by atomic mass is 35.5. The number of anilines is 1. The predicted molar refractivity (Wildman–Crippen MR) is 77.7 cm³/mol. The smallest absolute Gasteiger partial charge is 0.142 e. The molecule has 1 aliphatic rings. The summed E-state index contributed by atoms with van der Waals surface area (Å²) >= 11 is 6.05. The van der Waals surface area contributed by atoms with Crippen LogP contribution < -0.4 is 10.1 Å². The van der Waals surface area contributed by atoms with Gasteiger partial charge in [-0.2, -0.15) is 0 Å². The summed E-state index contributed by atoms with van der Waals surface area (Å²) in [5.74, 6) is 1.73. The van der Waals surface area contributed by atoms with Crippen LogP contribution in [-0.4, -0.2) is 13.2 Å². The fourth-order valence-corrected chi connectivity index (χ4v) is 2.82. The van der Waals surface area contributed by atoms with Crippen molar-refractivity contribution in [3.63, 3.8) is 0 Å². The van der Waals surface area contributed by atoms with E-state index < -0.39 is 0 Å². The molecule has 1 fully saturated rings. The highest BCUT2D eigenvalue weighted by Gasteiger charge is 2.17. The van der Waals surface area contributed by atoms with E-state index in [0.717, 1.165) is 22.4 Å². The monoisotopic (exact) mass is 267 g/mol. The molecular formula is C15H22ClNO. The molecule has 0 spiro atoms. The summed E-state index contributed by atoms with van der Waals surface area (Å²) < 4.78 is 5.37. The molecule has 0 radical (unpaired) electrons. The van der Waals surface area contributed by atoms with Crippen molar-refractivity contribution < 1.29 is 4.74 Å². The minimum absolute atomic E-state index is 0.544. The van der Waals surface area contributed by atoms with Gasteiger partial charge >= 0.3 is 0 Å². The van der Waals surface area contributed by atoms with Crippen LogP contribution in [0.2, 0.25) is 5.02 Å². The lowest BCUT2D eigenvalue weighted by Gasteiger charge is -2.20. The van der Waals surface area contributed by atoms with Gasteiger partial charge in [0.05, 0.1) is 12.8 Å². The highest BCUT2D eigenvalue weighted by Crippen LogP contribution is 2.31. The fourth-order valence-electron chi connectivity index (χ4n) is 2.64. The van der Waals surface area contributed by atoms with E-state index in [0.29, 0.717) is 6.04 Å². The minimum atomic E-state index is 0.544. The summed E-state index contributed by atoms with van der Waals surface area (Å²) in [5.41, 5.74) is 1.02. The molecule has 1 aromatic carbocycles. The number of benzene rings is 1. The van der Waals surface area contributed by atoms with Gasteiger partial charge in [-0.15, -0.1) is 0 Å². The molecule has 2 unspecified atom stereocenters. The van der Waals surface area contributed by atoms with Crippen LogP contribution >= 0.6 is 11.6 Å². The number of hydrogen-bond donors (Lipinski definition) is 1. The van der Waals surface area contributed by atoms with Crippen LogP contribution in [0.4, 0.5) is 5.69 Å². The van der Waals surface area contributed by atoms with Crippen LogP contribution in [0.25, 0.3) is 0 Å². The van der Waals surface area contributed by atoms with Gasteiger partial charge in [0.2, 0.25) is 0 Å². The Hall–Kier alpha value is -0.890. The molecule has 3 heteroatoms. The van der Waals surface area contributed by atoms with Crippen molar-refractivity contribution in [3.8, 4) is 5.75 Å². The topological polar surface area (TPSA) is 21.3 Å². The van der Waals surface area contributed by atoms with Crippen molar-refractivity contribution in [1.82, 2.24) is 0 Å². The zero-order valence-electron chi connectivity index (χ0n) is 11.2. The van der Waals surface area contributed by atoms with Crippen LogP contribution in [0, 0.1) is 5.92 Å². The van der Waals surface area contributed by atoms with Gasteiger partial charge in [-0.3, -0.25) is 0 Å². The molecule has 0 amide bonds. The number of hydrogen-bond acceptors (Lipinski definition) is 2. The lowest BCUT2D eigenvalue weighted by molar-refractivity contribution is 0.415. The van der Waals surface area contributed by atoms with Gasteiger partial charge in [-0.1, -0.05) is 31.4 Å². The molecule has 100 valence electrons. The molecule has 18 heavy (non-hydrogen) atoms. The normalized spacial score (nSPS) is 24.4. The van der Waals surface area contributed by atoms with Crippen LogP contribution in [0.1, 0.15) is 39.0 Å². The molecule has 0 aromatic heterocycles. The quantitative estimate of drug-likeness (QED) is 0.800. The summed E-state index contributed by atoms with van der Waals surface area (Å²) in [7, 11) is 1.70. The van der Waals surface area contributed by atoms with E-state index in [1.165, 1.54) is 32.1 Å². The van der Waals surface area contributed by atoms with Gasteiger partial charge < -0.3 is 10.1 Å². The molecule has 1 saturated carbocycles. The first-order valence-corrected chi connectivity index (χ1v) is 7.17. The maximum atomic E-state index is 6.05. The minimum Gasteiger partial charge on any atom is -0.495 e. The zero-order chi connectivity index (χ0) is 13.0. The third-order valence-electron chi connectivity index (χ3n) is 3.78. The van der Waals surface area contributed by atoms with Gasteiger partial charge in [0.15, 0.2) is 0 Å². The lowest BCUT2D eigenvalue weighted by atomic mass is 10.0. The Balaban J connectivity index is 2.05. The van der Waals surface area contributed by atoms with Crippen LogP contribution in [0.5, 0.6) is 5.75 Å². The summed E-state index contributed by atoms with van der Waals surface area (Å²) in [6.07, 6.45) is 6.43. The molecular weight excluding hydrogens is 246 g/mol. The van der Waals surface area contributed by atoms with Crippen molar-refractivity contribution >= 4 is 17.3 Å². The first-order chi connectivity index (χ1) is 8.69. The Morgan fingerprint density at radius 1 is 1.22 bits per heavy atom. The van der Waals surface area contributed by atoms with Crippen LogP contribution in [-0.2, 0) is 0 Å². The largest absolute Gasteiger partial charge is 0.495 e. The van der Waals surface area contributed by atoms with Gasteiger partial charge in [0.1, 0.15) is 5.75 Å². The van der Waals surface area contributed by atoms with Gasteiger partial charge in [-0.25, -0.2) is 0 Å². The first kappa shape index (κ1) is 13.5. The number of ether oxygens (including phenoxy) is 1. The molecule has 0 aliphatic heterocycles. The molecule has 2 atom stereocenters. The summed E-state index contributed by atoms with van der Waals surface area (Å²) in [6.45, 7) is 2.35. The Morgan fingerprint density at radius 2 is 2.06 bits per heavy atom. The standard InChI is InChI=1S/C15H22ClNO/c1-11-4-3-5-13(8-6-11)17-14-10-12(16)7-9-15(14)18-2/h7,9-11,13,17H,3-6,8H2,1-2H3. The van der Waals surface area contributed by atoms with Crippen molar-refractivity contribution in [2.24, 2.45) is 5.92 Å². The van der Waals surface area contributed by atoms with Gasteiger partial charge in [0.25, 0.3) is 0 Å². The number of halogens is 1. The Morgan fingerprint density at radius 3 is 2.83 bits per heavy atom. The Kier molecular flexibility index (Phi) is 4.76. The molecule has 2 nitrogen and oxygen atoms in total. The number of methoxy groups -OCH3 is 1. The van der Waals surface area contributed by atoms with Crippen molar-refractivity contribution in [3.05, 3.63) is 23.2 Å². The number of nitrogens with one attached hydrogen (secondary N) is 1. The van der Waals surface area contributed by atoms with Crippen LogP contribution in [0.3, 0.4) is 0 Å². The van der Waals surface area contributed by atoms with E-state index in [9.17, 15) is 0 Å². The Labute approximate surface area is 115 Å². The number of rotatable bonds is 3. The molecule has 0 bridgehead atoms. The third kappa shape index (κ3) is 3.55. The molecule has 1 N–H and O–H groups in total. The van der Waals surface area contributed by atoms with Crippen molar-refractivity contribution in [2.45, 2.75) is 45.1 Å². The molecule has 0 saturated heterocycles. The van der Waals surface area contributed by atoms with E-state index in [-0.39, 0.29) is 0 Å². The van der Waals surface area contributed by atoms with Gasteiger partial charge in [0, 0.05) is 11.1 Å². The van der Waals surface area contributed by atoms with Crippen LogP contribution in [0.15, 0.2) is 18.2 Å². The average molecular weight is 268 g/mol. The van der Waals surface area contributed by atoms with Gasteiger partial charge in [-0.05, 0) is 43.4 Å². The summed E-state index contributed by atoms with van der Waals surface area (Å²) in [5, 5.41) is 4.34. The van der Waals surface area contributed by atoms with E-state index >= 15 is 0 Å². The SMILES string of the molecule is COc1ccc(Cl)cc1NC1CCCC(C)CC1. The second-order valence-electron chi connectivity index (χ2n) is 5.30. The fraction of sp³-hybridized carbons (Fsp3) is 0.600. The Bertz CT molecular complexity index is 394. The van der Waals surface area contributed by atoms with E-state index in [1.807, 2.05) is 18.2 Å². The van der Waals surface area contributed by atoms with E-state index in [4.69, 9.17) is 16.3 Å².